The van der Waals surface area contributed by atoms with Gasteiger partial charge in [0.15, 0.2) is 0 Å². The summed E-state index contributed by atoms with van der Waals surface area (Å²) >= 11 is 5.65. The van der Waals surface area contributed by atoms with E-state index in [1.54, 1.807) is 25.3 Å². The van der Waals surface area contributed by atoms with Crippen LogP contribution in [-0.4, -0.2) is 18.1 Å². The highest BCUT2D eigenvalue weighted by molar-refractivity contribution is 6.29. The lowest BCUT2D eigenvalue weighted by Gasteiger charge is -2.23. The number of hydrogen-bond donors (Lipinski definition) is 1. The van der Waals surface area contributed by atoms with Crippen molar-refractivity contribution in [2.24, 2.45) is 5.73 Å². The zero-order valence-electron chi connectivity index (χ0n) is 8.66. The van der Waals surface area contributed by atoms with E-state index in [9.17, 15) is 4.79 Å². The molecule has 5 heteroatoms. The van der Waals surface area contributed by atoms with E-state index in [-0.39, 0.29) is 12.4 Å². The second-order valence-electron chi connectivity index (χ2n) is 3.54. The SMILES string of the molecule is COC(=O)C[C@@](C)(N)c1ccc(Cl)nc1. The van der Waals surface area contributed by atoms with Gasteiger partial charge in [-0.25, -0.2) is 4.98 Å². The summed E-state index contributed by atoms with van der Waals surface area (Å²) in [5.41, 5.74) is 5.94. The molecule has 4 nitrogen and oxygen atoms in total. The number of aromatic nitrogens is 1. The molecule has 2 N–H and O–H groups in total. The lowest BCUT2D eigenvalue weighted by atomic mass is 9.91. The maximum absolute atomic E-state index is 11.1. The van der Waals surface area contributed by atoms with Crippen LogP contribution in [0.15, 0.2) is 18.3 Å². The molecule has 0 saturated carbocycles. The fourth-order valence-electron chi connectivity index (χ4n) is 1.19. The Hall–Kier alpha value is -1.13. The quantitative estimate of drug-likeness (QED) is 0.629. The Kier molecular flexibility index (Phi) is 3.66. The largest absolute Gasteiger partial charge is 0.469 e. The molecule has 0 aliphatic heterocycles. The third kappa shape index (κ3) is 3.18. The number of esters is 1. The van der Waals surface area contributed by atoms with E-state index in [1.165, 1.54) is 7.11 Å². The van der Waals surface area contributed by atoms with Crippen molar-refractivity contribution < 1.29 is 9.53 Å². The minimum atomic E-state index is -0.787. The van der Waals surface area contributed by atoms with Gasteiger partial charge >= 0.3 is 5.97 Å². The van der Waals surface area contributed by atoms with Gasteiger partial charge in [0.25, 0.3) is 0 Å². The average molecular weight is 229 g/mol. The van der Waals surface area contributed by atoms with E-state index in [0.717, 1.165) is 5.56 Å². The summed E-state index contributed by atoms with van der Waals surface area (Å²) < 4.78 is 4.57. The molecule has 1 heterocycles. The predicted molar refractivity (Wildman–Crippen MR) is 57.4 cm³/mol. The summed E-state index contributed by atoms with van der Waals surface area (Å²) in [6, 6.07) is 3.39. The lowest BCUT2D eigenvalue weighted by molar-refractivity contribution is -0.141. The van der Waals surface area contributed by atoms with Crippen molar-refractivity contribution in [3.8, 4) is 0 Å². The van der Waals surface area contributed by atoms with Gasteiger partial charge in [-0.2, -0.15) is 0 Å². The van der Waals surface area contributed by atoms with Crippen LogP contribution < -0.4 is 5.73 Å². The van der Waals surface area contributed by atoms with Gasteiger partial charge in [0.2, 0.25) is 0 Å². The molecule has 0 unspecified atom stereocenters. The van der Waals surface area contributed by atoms with Gasteiger partial charge < -0.3 is 10.5 Å². The molecular weight excluding hydrogens is 216 g/mol. The molecule has 0 radical (unpaired) electrons. The standard InChI is InChI=1S/C10H13ClN2O2/c1-10(12,5-9(14)15-2)7-3-4-8(11)13-6-7/h3-4,6H,5,12H2,1-2H3/t10-/m1/s1. The number of rotatable bonds is 3. The van der Waals surface area contributed by atoms with Gasteiger partial charge in [-0.15, -0.1) is 0 Å². The van der Waals surface area contributed by atoms with Crippen molar-refractivity contribution >= 4 is 17.6 Å². The number of nitrogens with two attached hydrogens (primary N) is 1. The number of carbonyl (C=O) groups is 1. The molecule has 0 spiro atoms. The van der Waals surface area contributed by atoms with Crippen molar-refractivity contribution in [2.75, 3.05) is 7.11 Å². The minimum Gasteiger partial charge on any atom is -0.469 e. The maximum atomic E-state index is 11.1. The number of pyridine rings is 1. The summed E-state index contributed by atoms with van der Waals surface area (Å²) in [5, 5.41) is 0.396. The maximum Gasteiger partial charge on any atom is 0.307 e. The first kappa shape index (κ1) is 11.9. The normalized spacial score (nSPS) is 14.4. The molecular formula is C10H13ClN2O2. The first-order valence-electron chi connectivity index (χ1n) is 4.43. The second kappa shape index (κ2) is 4.59. The summed E-state index contributed by atoms with van der Waals surface area (Å²) in [7, 11) is 1.33. The number of halogens is 1. The molecule has 0 amide bonds. The van der Waals surface area contributed by atoms with Gasteiger partial charge in [-0.1, -0.05) is 17.7 Å². The Morgan fingerprint density at radius 3 is 2.80 bits per heavy atom. The first-order chi connectivity index (χ1) is 6.95. The zero-order valence-corrected chi connectivity index (χ0v) is 9.41. The molecule has 0 fully saturated rings. The van der Waals surface area contributed by atoms with Gasteiger partial charge in [0.1, 0.15) is 5.15 Å². The van der Waals surface area contributed by atoms with Crippen LogP contribution in [0.1, 0.15) is 18.9 Å². The molecule has 1 atom stereocenters. The predicted octanol–water partition coefficient (Wildman–Crippen LogP) is 1.47. The van der Waals surface area contributed by atoms with E-state index in [1.807, 2.05) is 0 Å². The number of methoxy groups -OCH3 is 1. The van der Waals surface area contributed by atoms with Crippen LogP contribution in [0.3, 0.4) is 0 Å². The molecule has 0 aromatic carbocycles. The molecule has 82 valence electrons. The Balaban J connectivity index is 2.85. The van der Waals surface area contributed by atoms with Crippen LogP contribution in [0.2, 0.25) is 5.15 Å². The minimum absolute atomic E-state index is 0.104. The molecule has 1 aromatic rings. The van der Waals surface area contributed by atoms with Crippen LogP contribution in [0.5, 0.6) is 0 Å². The number of hydrogen-bond acceptors (Lipinski definition) is 4. The fraction of sp³-hybridized carbons (Fsp3) is 0.400. The van der Waals surface area contributed by atoms with Gasteiger partial charge in [0, 0.05) is 6.20 Å². The zero-order chi connectivity index (χ0) is 11.5. The monoisotopic (exact) mass is 228 g/mol. The van der Waals surface area contributed by atoms with E-state index in [0.29, 0.717) is 5.15 Å². The number of nitrogens with zero attached hydrogens (tertiary/aromatic N) is 1. The molecule has 0 aliphatic carbocycles. The van der Waals surface area contributed by atoms with Crippen LogP contribution in [-0.2, 0) is 15.1 Å². The third-order valence-corrected chi connectivity index (χ3v) is 2.35. The Labute approximate surface area is 93.4 Å². The average Bonchev–Trinajstić information content (AvgIpc) is 2.17. The molecule has 0 bridgehead atoms. The van der Waals surface area contributed by atoms with Crippen molar-refractivity contribution in [2.45, 2.75) is 18.9 Å². The highest BCUT2D eigenvalue weighted by Gasteiger charge is 2.25. The highest BCUT2D eigenvalue weighted by atomic mass is 35.5. The smallest absolute Gasteiger partial charge is 0.307 e. The highest BCUT2D eigenvalue weighted by Crippen LogP contribution is 2.22. The molecule has 0 aliphatic rings. The van der Waals surface area contributed by atoms with E-state index < -0.39 is 5.54 Å². The number of carbonyl (C=O) groups excluding carboxylic acids is 1. The lowest BCUT2D eigenvalue weighted by Crippen LogP contribution is -2.36. The number of ether oxygens (including phenoxy) is 1. The van der Waals surface area contributed by atoms with Gasteiger partial charge in [-0.05, 0) is 18.6 Å². The van der Waals surface area contributed by atoms with E-state index >= 15 is 0 Å². The first-order valence-corrected chi connectivity index (χ1v) is 4.81. The second-order valence-corrected chi connectivity index (χ2v) is 3.93. The van der Waals surface area contributed by atoms with Crippen molar-refractivity contribution in [1.29, 1.82) is 0 Å². The van der Waals surface area contributed by atoms with Gasteiger partial charge in [-0.3, -0.25) is 4.79 Å². The summed E-state index contributed by atoms with van der Waals surface area (Å²) in [6.07, 6.45) is 1.66. The Morgan fingerprint density at radius 2 is 2.33 bits per heavy atom. The van der Waals surface area contributed by atoms with Crippen LogP contribution in [0.4, 0.5) is 0 Å². The van der Waals surface area contributed by atoms with Crippen molar-refractivity contribution in [3.63, 3.8) is 0 Å². The van der Waals surface area contributed by atoms with Crippen LogP contribution in [0.25, 0.3) is 0 Å². The van der Waals surface area contributed by atoms with Crippen molar-refractivity contribution in [1.82, 2.24) is 4.98 Å². The fourth-order valence-corrected chi connectivity index (χ4v) is 1.30. The topological polar surface area (TPSA) is 65.2 Å². The Morgan fingerprint density at radius 1 is 1.67 bits per heavy atom. The van der Waals surface area contributed by atoms with Crippen molar-refractivity contribution in [3.05, 3.63) is 29.0 Å². The summed E-state index contributed by atoms with van der Waals surface area (Å²) in [4.78, 5) is 15.0. The molecule has 1 aromatic heterocycles. The van der Waals surface area contributed by atoms with Crippen LogP contribution >= 0.6 is 11.6 Å². The molecule has 15 heavy (non-hydrogen) atoms. The van der Waals surface area contributed by atoms with Crippen LogP contribution in [0, 0.1) is 0 Å². The van der Waals surface area contributed by atoms with E-state index in [2.05, 4.69) is 9.72 Å². The third-order valence-electron chi connectivity index (χ3n) is 2.13. The molecule has 1 rings (SSSR count). The van der Waals surface area contributed by atoms with E-state index in [4.69, 9.17) is 17.3 Å². The molecule has 0 saturated heterocycles. The van der Waals surface area contributed by atoms with Gasteiger partial charge in [0.05, 0.1) is 19.1 Å². The summed E-state index contributed by atoms with van der Waals surface area (Å²) in [6.45, 7) is 1.74. The summed E-state index contributed by atoms with van der Waals surface area (Å²) in [5.74, 6) is -0.352. The Bertz CT molecular complexity index is 349.